The summed E-state index contributed by atoms with van der Waals surface area (Å²) in [6.45, 7) is 11.9. The van der Waals surface area contributed by atoms with Gasteiger partial charge in [0.1, 0.15) is 16.9 Å². The first-order valence-electron chi connectivity index (χ1n) is 6.08. The molecule has 0 fully saturated rings. The monoisotopic (exact) mass is 304 g/mol. The first-order chi connectivity index (χ1) is 8.02. The third kappa shape index (κ3) is 5.90. The van der Waals surface area contributed by atoms with Gasteiger partial charge in [0.2, 0.25) is 0 Å². The molecule has 0 aromatic heterocycles. The smallest absolute Gasteiger partial charge is 0.339 e. The van der Waals surface area contributed by atoms with Crippen LogP contribution in [-0.2, 0) is 5.41 Å². The van der Waals surface area contributed by atoms with Crippen LogP contribution in [0.2, 0.25) is 0 Å². The average molecular weight is 304 g/mol. The molecule has 0 amide bonds. The van der Waals surface area contributed by atoms with Crippen molar-refractivity contribution in [2.24, 2.45) is 0 Å². The Bertz CT molecular complexity index is 457. The molecule has 0 aliphatic rings. The summed E-state index contributed by atoms with van der Waals surface area (Å²) in [6.07, 6.45) is 0. The Balaban J connectivity index is 0. The molecule has 0 unspecified atom stereocenters. The topological polar surface area (TPSA) is 46.5 Å². The van der Waals surface area contributed by atoms with Crippen molar-refractivity contribution >= 4 is 40.7 Å². The van der Waals surface area contributed by atoms with Crippen LogP contribution in [0.3, 0.4) is 0 Å². The minimum absolute atomic E-state index is 0. The van der Waals surface area contributed by atoms with Gasteiger partial charge in [-0.3, -0.25) is 0 Å². The van der Waals surface area contributed by atoms with Gasteiger partial charge in [0.25, 0.3) is 0 Å². The van der Waals surface area contributed by atoms with E-state index in [1.54, 1.807) is 12.1 Å². The fourth-order valence-electron chi connectivity index (χ4n) is 1.71. The molecule has 20 heavy (non-hydrogen) atoms. The highest BCUT2D eigenvalue weighted by molar-refractivity contribution is 5.91. The number of carboxylic acids is 1. The summed E-state index contributed by atoms with van der Waals surface area (Å²) in [5.74, 6) is -0.481. The van der Waals surface area contributed by atoms with Gasteiger partial charge in [0.05, 0.1) is 0 Å². The Morgan fingerprint density at radius 3 is 1.90 bits per heavy atom. The van der Waals surface area contributed by atoms with Crippen LogP contribution in [-0.4, -0.2) is 51.4 Å². The Kier molecular flexibility index (Phi) is 8.23. The number of hydrogen-bond acceptors (Lipinski definition) is 2. The number of rotatable bonds is 2. The zero-order valence-electron chi connectivity index (χ0n) is 13.2. The minimum atomic E-state index is -0.958. The van der Waals surface area contributed by atoms with E-state index in [0.29, 0.717) is 5.75 Å². The van der Waals surface area contributed by atoms with Crippen molar-refractivity contribution in [2.75, 3.05) is 0 Å². The van der Waals surface area contributed by atoms with Crippen LogP contribution in [0.1, 0.15) is 57.5 Å². The summed E-state index contributed by atoms with van der Waals surface area (Å²) in [4.78, 5) is 11.3. The van der Waals surface area contributed by atoms with Crippen LogP contribution in [0.5, 0.6) is 5.75 Å². The molecule has 0 spiro atoms. The quantitative estimate of drug-likeness (QED) is 0.854. The lowest BCUT2D eigenvalue weighted by Gasteiger charge is -2.29. The lowest BCUT2D eigenvalue weighted by molar-refractivity contribution is 0.0679. The summed E-state index contributed by atoms with van der Waals surface area (Å²) in [7, 11) is 0. The molecule has 0 bridgehead atoms. The fraction of sp³-hybridized carbons (Fsp3) is 0.533. The van der Waals surface area contributed by atoms with Crippen LogP contribution in [0.25, 0.3) is 0 Å². The molecule has 0 saturated carbocycles. The number of benzene rings is 1. The first kappa shape index (κ1) is 21.8. The van der Waals surface area contributed by atoms with E-state index in [4.69, 9.17) is 4.74 Å². The van der Waals surface area contributed by atoms with E-state index in [1.807, 2.05) is 47.6 Å². The summed E-state index contributed by atoms with van der Waals surface area (Å²) < 4.78 is 5.87. The third-order valence-corrected chi connectivity index (χ3v) is 2.46. The maximum Gasteiger partial charge on any atom is 0.339 e. The molecular weight excluding hydrogens is 282 g/mol. The summed E-state index contributed by atoms with van der Waals surface area (Å²) in [5.41, 5.74) is 0.548. The van der Waals surface area contributed by atoms with Gasteiger partial charge in [-0.05, 0) is 32.3 Å². The predicted molar refractivity (Wildman–Crippen MR) is 84.0 cm³/mol. The molecular formula is C15H22Al2O3. The summed E-state index contributed by atoms with van der Waals surface area (Å²) in [6, 6.07) is 5.27. The van der Waals surface area contributed by atoms with Crippen LogP contribution >= 0.6 is 0 Å². The van der Waals surface area contributed by atoms with Gasteiger partial charge < -0.3 is 9.84 Å². The summed E-state index contributed by atoms with van der Waals surface area (Å²) >= 11 is 0. The SMILES string of the molecule is CC(C)(C)Oc1c(C(=O)O)cccc1C(C)(C)C.[Al].[Al]. The molecule has 0 saturated heterocycles. The van der Waals surface area contributed by atoms with E-state index >= 15 is 0 Å². The maximum atomic E-state index is 11.3. The van der Waals surface area contributed by atoms with Gasteiger partial charge >= 0.3 is 5.97 Å². The van der Waals surface area contributed by atoms with Crippen LogP contribution < -0.4 is 4.74 Å². The van der Waals surface area contributed by atoms with Crippen LogP contribution in [0, 0.1) is 0 Å². The van der Waals surface area contributed by atoms with Gasteiger partial charge in [0, 0.05) is 40.3 Å². The molecule has 0 atom stereocenters. The normalized spacial score (nSPS) is 11.1. The lowest BCUT2D eigenvalue weighted by atomic mass is 9.85. The van der Waals surface area contributed by atoms with Crippen LogP contribution in [0.4, 0.5) is 0 Å². The molecule has 0 aliphatic heterocycles. The highest BCUT2D eigenvalue weighted by atomic mass is 27.0. The molecule has 0 aliphatic carbocycles. The van der Waals surface area contributed by atoms with Crippen molar-refractivity contribution in [1.29, 1.82) is 0 Å². The van der Waals surface area contributed by atoms with Crippen molar-refractivity contribution in [1.82, 2.24) is 0 Å². The van der Waals surface area contributed by atoms with Gasteiger partial charge in [-0.25, -0.2) is 4.79 Å². The van der Waals surface area contributed by atoms with Gasteiger partial charge in [-0.1, -0.05) is 32.9 Å². The highest BCUT2D eigenvalue weighted by Gasteiger charge is 2.26. The predicted octanol–water partition coefficient (Wildman–Crippen LogP) is 3.10. The Morgan fingerprint density at radius 2 is 1.55 bits per heavy atom. The second-order valence-electron chi connectivity index (χ2n) is 6.45. The zero-order chi connectivity index (χ0) is 14.1. The molecule has 106 valence electrons. The second-order valence-corrected chi connectivity index (χ2v) is 6.45. The molecule has 5 heteroatoms. The van der Waals surface area contributed by atoms with Gasteiger partial charge in [-0.15, -0.1) is 0 Å². The van der Waals surface area contributed by atoms with Crippen LogP contribution in [0.15, 0.2) is 18.2 Å². The fourth-order valence-corrected chi connectivity index (χ4v) is 1.71. The third-order valence-electron chi connectivity index (χ3n) is 2.46. The highest BCUT2D eigenvalue weighted by Crippen LogP contribution is 2.36. The zero-order valence-corrected chi connectivity index (χ0v) is 15.5. The van der Waals surface area contributed by atoms with E-state index < -0.39 is 11.6 Å². The second kappa shape index (κ2) is 7.53. The number of hydrogen-bond donors (Lipinski definition) is 1. The van der Waals surface area contributed by atoms with E-state index in [0.717, 1.165) is 5.56 Å². The van der Waals surface area contributed by atoms with E-state index in [1.165, 1.54) is 0 Å². The number of para-hydroxylation sites is 1. The molecule has 1 rings (SSSR count). The van der Waals surface area contributed by atoms with Gasteiger partial charge in [-0.2, -0.15) is 0 Å². The van der Waals surface area contributed by atoms with Crippen molar-refractivity contribution in [3.63, 3.8) is 0 Å². The Labute approximate surface area is 143 Å². The van der Waals surface area contributed by atoms with E-state index in [9.17, 15) is 9.90 Å². The largest absolute Gasteiger partial charge is 0.487 e. The van der Waals surface area contributed by atoms with Crippen molar-refractivity contribution in [3.05, 3.63) is 29.3 Å². The molecule has 1 N–H and O–H groups in total. The molecule has 6 radical (unpaired) electrons. The Hall–Kier alpha value is -0.445. The standard InChI is InChI=1S/C15H22O3.2Al/c1-14(2,3)11-9-7-8-10(13(16)17)12(11)18-15(4,5)6;;/h7-9H,1-6H3,(H,16,17);;. The van der Waals surface area contributed by atoms with Crippen molar-refractivity contribution < 1.29 is 14.6 Å². The van der Waals surface area contributed by atoms with Crippen molar-refractivity contribution in [2.45, 2.75) is 52.6 Å². The molecule has 1 aromatic carbocycles. The number of ether oxygens (including phenoxy) is 1. The average Bonchev–Trinajstić information content (AvgIpc) is 2.13. The number of aromatic carboxylic acids is 1. The summed E-state index contributed by atoms with van der Waals surface area (Å²) in [5, 5.41) is 9.27. The number of carboxylic acid groups (broad SMARTS) is 1. The molecule has 3 nitrogen and oxygen atoms in total. The minimum Gasteiger partial charge on any atom is -0.487 e. The lowest BCUT2D eigenvalue weighted by Crippen LogP contribution is -2.27. The maximum absolute atomic E-state index is 11.3. The van der Waals surface area contributed by atoms with E-state index in [2.05, 4.69) is 0 Å². The van der Waals surface area contributed by atoms with Crippen molar-refractivity contribution in [3.8, 4) is 5.75 Å². The Morgan fingerprint density at radius 1 is 1.05 bits per heavy atom. The van der Waals surface area contributed by atoms with Gasteiger partial charge in [0.15, 0.2) is 0 Å². The first-order valence-corrected chi connectivity index (χ1v) is 6.08. The molecule has 1 aromatic rings. The molecule has 0 heterocycles. The number of carbonyl (C=O) groups is 1. The van der Waals surface area contributed by atoms with E-state index in [-0.39, 0.29) is 45.7 Å².